The van der Waals surface area contributed by atoms with E-state index in [4.69, 9.17) is 21.1 Å². The van der Waals surface area contributed by atoms with E-state index >= 15 is 4.79 Å². The summed E-state index contributed by atoms with van der Waals surface area (Å²) in [5.74, 6) is -2.38. The molecule has 0 saturated carbocycles. The van der Waals surface area contributed by atoms with E-state index in [1.807, 2.05) is 0 Å². The summed E-state index contributed by atoms with van der Waals surface area (Å²) in [5.41, 5.74) is -1.83. The number of para-hydroxylation sites is 1. The topological polar surface area (TPSA) is 106 Å². The predicted molar refractivity (Wildman–Crippen MR) is 158 cm³/mol. The third-order valence-corrected chi connectivity index (χ3v) is 9.83. The lowest BCUT2D eigenvalue weighted by atomic mass is 9.80. The number of carbonyl (C=O) groups excluding carboxylic acids is 2. The van der Waals surface area contributed by atoms with Gasteiger partial charge < -0.3 is 19.1 Å². The van der Waals surface area contributed by atoms with Crippen LogP contribution in [0.5, 0.6) is 17.2 Å². The van der Waals surface area contributed by atoms with Gasteiger partial charge >= 0.3 is 6.36 Å². The molecule has 240 valence electrons. The zero-order chi connectivity index (χ0) is 32.9. The standard InChI is InChI=1S/C30H29ClF3N3O7S/c1-35(2)27(38)23-9-7-15-36(23)29(20-8-5-6-10-24(20)43-4)21-16-18(31)11-13-22(21)37(28(29)39)45(40,41)26-14-12-19(42-3)17-25(26)44-30(32,33)34/h5-6,8,10-14,16-17,23H,7,9,15H2,1-4H3/t23-,29?/m0/s1. The SMILES string of the molecule is COc1ccc(S(=O)(=O)N2C(=O)C(c3ccccc3OC)(N3CCC[C@H]3C(=O)N(C)C)c3cc(Cl)ccc32)c(OC(F)(F)F)c1. The fourth-order valence-corrected chi connectivity index (χ4v) is 7.81. The number of hydrogen-bond donors (Lipinski definition) is 0. The van der Waals surface area contributed by atoms with Crippen LogP contribution >= 0.6 is 11.6 Å². The van der Waals surface area contributed by atoms with Crippen LogP contribution in [0.1, 0.15) is 24.0 Å². The Morgan fingerprint density at radius 1 is 1.00 bits per heavy atom. The average Bonchev–Trinajstić information content (AvgIpc) is 3.56. The largest absolute Gasteiger partial charge is 0.573 e. The zero-order valence-electron chi connectivity index (χ0n) is 24.6. The van der Waals surface area contributed by atoms with Crippen LogP contribution in [0.15, 0.2) is 65.6 Å². The van der Waals surface area contributed by atoms with Gasteiger partial charge in [-0.3, -0.25) is 14.5 Å². The van der Waals surface area contributed by atoms with Crippen LogP contribution in [0.4, 0.5) is 18.9 Å². The number of likely N-dealkylation sites (N-methyl/N-ethyl adjacent to an activating group) is 1. The molecule has 45 heavy (non-hydrogen) atoms. The van der Waals surface area contributed by atoms with Crippen molar-refractivity contribution in [2.45, 2.75) is 35.7 Å². The van der Waals surface area contributed by atoms with Crippen molar-refractivity contribution in [3.8, 4) is 17.2 Å². The molecular formula is C30H29ClF3N3O7S. The number of methoxy groups -OCH3 is 2. The summed E-state index contributed by atoms with van der Waals surface area (Å²) in [7, 11) is 0.576. The molecule has 2 atom stereocenters. The van der Waals surface area contributed by atoms with Crippen LogP contribution in [0.3, 0.4) is 0 Å². The number of benzene rings is 3. The molecule has 2 amide bonds. The molecule has 1 unspecified atom stereocenters. The molecule has 2 heterocycles. The third-order valence-electron chi connectivity index (χ3n) is 7.86. The normalized spacial score (nSPS) is 20.2. The van der Waals surface area contributed by atoms with Crippen molar-refractivity contribution in [3.63, 3.8) is 0 Å². The first-order chi connectivity index (χ1) is 21.2. The number of rotatable bonds is 8. The Kier molecular flexibility index (Phi) is 8.44. The molecule has 0 spiro atoms. The first-order valence-corrected chi connectivity index (χ1v) is 15.4. The number of hydrogen-bond acceptors (Lipinski definition) is 8. The highest BCUT2D eigenvalue weighted by molar-refractivity contribution is 7.93. The Hall–Kier alpha value is -4.01. The summed E-state index contributed by atoms with van der Waals surface area (Å²) in [5, 5.41) is 0.153. The fraction of sp³-hybridized carbons (Fsp3) is 0.333. The summed E-state index contributed by atoms with van der Waals surface area (Å²) in [6.45, 7) is 0.193. The fourth-order valence-electron chi connectivity index (χ4n) is 6.08. The highest BCUT2D eigenvalue weighted by Crippen LogP contribution is 2.55. The van der Waals surface area contributed by atoms with Crippen molar-refractivity contribution in [1.82, 2.24) is 9.80 Å². The van der Waals surface area contributed by atoms with Gasteiger partial charge in [-0.1, -0.05) is 29.8 Å². The van der Waals surface area contributed by atoms with Gasteiger partial charge in [-0.25, -0.2) is 12.7 Å². The lowest BCUT2D eigenvalue weighted by Crippen LogP contribution is -2.59. The maximum atomic E-state index is 15.1. The van der Waals surface area contributed by atoms with Crippen molar-refractivity contribution in [1.29, 1.82) is 0 Å². The van der Waals surface area contributed by atoms with E-state index < -0.39 is 44.5 Å². The van der Waals surface area contributed by atoms with Gasteiger partial charge in [-0.05, 0) is 49.2 Å². The molecule has 3 aromatic carbocycles. The van der Waals surface area contributed by atoms with Gasteiger partial charge in [0.1, 0.15) is 16.4 Å². The number of alkyl halides is 3. The van der Waals surface area contributed by atoms with Crippen molar-refractivity contribution in [2.75, 3.05) is 39.2 Å². The molecule has 0 radical (unpaired) electrons. The molecule has 1 fully saturated rings. The lowest BCUT2D eigenvalue weighted by Gasteiger charge is -2.42. The molecule has 2 aliphatic heterocycles. The molecule has 0 bridgehead atoms. The maximum absolute atomic E-state index is 15.1. The van der Waals surface area contributed by atoms with Crippen LogP contribution in [0, 0.1) is 0 Å². The Morgan fingerprint density at radius 3 is 2.36 bits per heavy atom. The monoisotopic (exact) mass is 667 g/mol. The quantitative estimate of drug-likeness (QED) is 0.338. The highest BCUT2D eigenvalue weighted by atomic mass is 35.5. The van der Waals surface area contributed by atoms with Crippen LogP contribution in [-0.2, 0) is 25.2 Å². The summed E-state index contributed by atoms with van der Waals surface area (Å²) in [6.07, 6.45) is -4.43. The van der Waals surface area contributed by atoms with Gasteiger partial charge in [0.05, 0.1) is 25.9 Å². The van der Waals surface area contributed by atoms with Gasteiger partial charge in [-0.2, -0.15) is 0 Å². The smallest absolute Gasteiger partial charge is 0.497 e. The number of likely N-dealkylation sites (tertiary alicyclic amines) is 1. The maximum Gasteiger partial charge on any atom is 0.573 e. The van der Waals surface area contributed by atoms with Gasteiger partial charge in [0.15, 0.2) is 11.3 Å². The number of fused-ring (bicyclic) bond motifs is 1. The van der Waals surface area contributed by atoms with Crippen molar-refractivity contribution < 1.29 is 45.4 Å². The van der Waals surface area contributed by atoms with E-state index in [-0.39, 0.29) is 45.8 Å². The molecule has 1 saturated heterocycles. The summed E-state index contributed by atoms with van der Waals surface area (Å²) < 4.78 is 84.6. The molecule has 3 aromatic rings. The molecule has 0 aromatic heterocycles. The van der Waals surface area contributed by atoms with E-state index in [2.05, 4.69) is 4.74 Å². The number of carbonyl (C=O) groups is 2. The predicted octanol–water partition coefficient (Wildman–Crippen LogP) is 4.79. The van der Waals surface area contributed by atoms with E-state index in [0.717, 1.165) is 18.2 Å². The van der Waals surface area contributed by atoms with Crippen LogP contribution in [0.25, 0.3) is 0 Å². The van der Waals surface area contributed by atoms with Crippen LogP contribution in [-0.4, -0.2) is 77.3 Å². The van der Waals surface area contributed by atoms with Gasteiger partial charge in [-0.15, -0.1) is 13.2 Å². The number of sulfonamides is 1. The van der Waals surface area contributed by atoms with Crippen molar-refractivity contribution >= 4 is 39.1 Å². The molecule has 10 nitrogen and oxygen atoms in total. The Labute approximate surface area is 262 Å². The van der Waals surface area contributed by atoms with E-state index in [0.29, 0.717) is 17.1 Å². The number of anilines is 1. The highest BCUT2D eigenvalue weighted by Gasteiger charge is 2.63. The van der Waals surface area contributed by atoms with Crippen LogP contribution in [0.2, 0.25) is 5.02 Å². The summed E-state index contributed by atoms with van der Waals surface area (Å²) in [4.78, 5) is 30.7. The van der Waals surface area contributed by atoms with Crippen molar-refractivity contribution in [3.05, 3.63) is 76.8 Å². The molecule has 5 rings (SSSR count). The first kappa shape index (κ1) is 32.4. The van der Waals surface area contributed by atoms with Crippen LogP contribution < -0.4 is 18.5 Å². The van der Waals surface area contributed by atoms with Gasteiger partial charge in [0.2, 0.25) is 5.91 Å². The minimum atomic E-state index is -5.27. The minimum Gasteiger partial charge on any atom is -0.497 e. The number of ether oxygens (including phenoxy) is 3. The average molecular weight is 668 g/mol. The Bertz CT molecular complexity index is 1770. The molecule has 0 N–H and O–H groups in total. The van der Waals surface area contributed by atoms with Crippen molar-refractivity contribution in [2.24, 2.45) is 0 Å². The third kappa shape index (κ3) is 5.34. The second-order valence-corrected chi connectivity index (χ2v) is 12.8. The summed E-state index contributed by atoms with van der Waals surface area (Å²) in [6, 6.07) is 12.5. The lowest BCUT2D eigenvalue weighted by molar-refractivity contribution is -0.275. The van der Waals surface area contributed by atoms with E-state index in [9.17, 15) is 26.4 Å². The summed E-state index contributed by atoms with van der Waals surface area (Å²) >= 11 is 6.46. The first-order valence-electron chi connectivity index (χ1n) is 13.6. The Balaban J connectivity index is 1.84. The second-order valence-electron chi connectivity index (χ2n) is 10.6. The molecule has 0 aliphatic carbocycles. The van der Waals surface area contributed by atoms with E-state index in [1.165, 1.54) is 37.3 Å². The number of halogens is 4. The zero-order valence-corrected chi connectivity index (χ0v) is 26.2. The minimum absolute atomic E-state index is 0.110. The second kappa shape index (κ2) is 11.7. The van der Waals surface area contributed by atoms with Gasteiger partial charge in [0.25, 0.3) is 15.9 Å². The molecule has 15 heteroatoms. The molecule has 2 aliphatic rings. The van der Waals surface area contributed by atoms with Gasteiger partial charge in [0, 0.05) is 42.9 Å². The number of amides is 2. The van der Waals surface area contributed by atoms with E-state index in [1.54, 1.807) is 43.3 Å². The molecular weight excluding hydrogens is 639 g/mol. The number of nitrogens with zero attached hydrogens (tertiary/aromatic N) is 3. The Morgan fingerprint density at radius 2 is 1.71 bits per heavy atom.